The largest absolute Gasteiger partial charge is 0.482 e. The fourth-order valence-corrected chi connectivity index (χ4v) is 2.66. The van der Waals surface area contributed by atoms with Crippen LogP contribution in [0.2, 0.25) is 0 Å². The van der Waals surface area contributed by atoms with Crippen molar-refractivity contribution >= 4 is 29.5 Å². The maximum absolute atomic E-state index is 7.00. The molecule has 0 fully saturated rings. The van der Waals surface area contributed by atoms with Crippen LogP contribution in [-0.4, -0.2) is 22.7 Å². The van der Waals surface area contributed by atoms with Crippen LogP contribution in [-0.2, 0) is 0 Å². The lowest BCUT2D eigenvalue weighted by molar-refractivity contribution is 0.448. The predicted molar refractivity (Wildman–Crippen MR) is 91.4 cm³/mol. The molecule has 0 aliphatic rings. The van der Waals surface area contributed by atoms with Crippen LogP contribution in [0.5, 0.6) is 0 Å². The molecule has 0 amide bonds. The van der Waals surface area contributed by atoms with Crippen molar-refractivity contribution in [2.45, 2.75) is 0 Å². The van der Waals surface area contributed by atoms with E-state index in [0.29, 0.717) is 0 Å². The van der Waals surface area contributed by atoms with E-state index >= 15 is 0 Å². The Morgan fingerprint density at radius 1 is 0.636 bits per heavy atom. The second-order valence-corrected chi connectivity index (χ2v) is 4.91. The lowest BCUT2D eigenvalue weighted by atomic mass is 10.0. The molecular weight excluding hydrogens is 273 g/mol. The zero-order valence-corrected chi connectivity index (χ0v) is 11.9. The molecule has 4 aromatic rings. The van der Waals surface area contributed by atoms with Gasteiger partial charge < -0.3 is 15.0 Å². The second-order valence-electron chi connectivity index (χ2n) is 4.91. The van der Waals surface area contributed by atoms with E-state index < -0.39 is 0 Å². The minimum absolute atomic E-state index is 0. The van der Waals surface area contributed by atoms with Gasteiger partial charge >= 0.3 is 7.69 Å². The van der Waals surface area contributed by atoms with Crippen LogP contribution in [0.25, 0.3) is 32.9 Å². The number of fused-ring (bicyclic) bond motifs is 3. The summed E-state index contributed by atoms with van der Waals surface area (Å²) >= 11 is 0. The van der Waals surface area contributed by atoms with Crippen LogP contribution in [0, 0.1) is 0 Å². The molecule has 0 spiro atoms. The highest BCUT2D eigenvalue weighted by Gasteiger charge is 2.05. The van der Waals surface area contributed by atoms with Gasteiger partial charge in [0.2, 0.25) is 0 Å². The standard InChI is InChI=1S/C18H13N.BH2O2/c1-2-6-13(7-3-1)14-10-11-18-16(12-14)15-8-4-5-9-17(15)19-18;2-1-3/h1-12,19H;2-3H. The van der Waals surface area contributed by atoms with Gasteiger partial charge in [0, 0.05) is 21.8 Å². The molecule has 22 heavy (non-hydrogen) atoms. The number of para-hydroxylation sites is 1. The van der Waals surface area contributed by atoms with Gasteiger partial charge in [-0.15, -0.1) is 0 Å². The smallest absolute Gasteiger partial charge is 0.429 e. The number of aromatic nitrogens is 1. The molecule has 4 rings (SSSR count). The number of aromatic amines is 1. The summed E-state index contributed by atoms with van der Waals surface area (Å²) in [7, 11) is 0. The molecule has 0 saturated carbocycles. The fourth-order valence-electron chi connectivity index (χ4n) is 2.66. The maximum Gasteiger partial charge on any atom is 0.482 e. The molecule has 0 atom stereocenters. The van der Waals surface area contributed by atoms with Gasteiger partial charge in [0.05, 0.1) is 0 Å². The van der Waals surface area contributed by atoms with Gasteiger partial charge in [0.15, 0.2) is 0 Å². The fraction of sp³-hybridized carbons (Fsp3) is 0. The molecule has 0 unspecified atom stereocenters. The van der Waals surface area contributed by atoms with E-state index in [-0.39, 0.29) is 7.69 Å². The summed E-state index contributed by atoms with van der Waals surface area (Å²) in [6, 6.07) is 25.6. The summed E-state index contributed by atoms with van der Waals surface area (Å²) < 4.78 is 0. The van der Waals surface area contributed by atoms with Crippen molar-refractivity contribution in [3.63, 3.8) is 0 Å². The van der Waals surface area contributed by atoms with Crippen molar-refractivity contribution in [2.24, 2.45) is 0 Å². The Kier molecular flexibility index (Phi) is 4.23. The molecular formula is C18H15BNO2. The summed E-state index contributed by atoms with van der Waals surface area (Å²) in [5, 5.41) is 16.6. The van der Waals surface area contributed by atoms with Gasteiger partial charge in [0.1, 0.15) is 0 Å². The first-order valence-electron chi connectivity index (χ1n) is 6.99. The Morgan fingerprint density at radius 2 is 1.27 bits per heavy atom. The van der Waals surface area contributed by atoms with Gasteiger partial charge in [-0.3, -0.25) is 0 Å². The number of benzene rings is 3. The molecule has 107 valence electrons. The predicted octanol–water partition coefficient (Wildman–Crippen LogP) is 3.49. The van der Waals surface area contributed by atoms with Crippen molar-refractivity contribution in [1.29, 1.82) is 0 Å². The SMILES string of the molecule is O[B]O.c1ccc(-c2ccc3[nH]c4ccccc4c3c2)cc1. The summed E-state index contributed by atoms with van der Waals surface area (Å²) in [6.07, 6.45) is 0. The first-order valence-corrected chi connectivity index (χ1v) is 6.99. The topological polar surface area (TPSA) is 56.2 Å². The number of rotatable bonds is 1. The van der Waals surface area contributed by atoms with Gasteiger partial charge in [-0.25, -0.2) is 0 Å². The normalized spacial score (nSPS) is 10.3. The van der Waals surface area contributed by atoms with Gasteiger partial charge in [-0.2, -0.15) is 0 Å². The van der Waals surface area contributed by atoms with Crippen molar-refractivity contribution in [3.8, 4) is 11.1 Å². The minimum atomic E-state index is 0. The van der Waals surface area contributed by atoms with E-state index in [1.807, 2.05) is 6.07 Å². The average molecular weight is 288 g/mol. The highest BCUT2D eigenvalue weighted by atomic mass is 16.4. The summed E-state index contributed by atoms with van der Waals surface area (Å²) in [4.78, 5) is 3.46. The Bertz CT molecular complexity index is 887. The van der Waals surface area contributed by atoms with Crippen LogP contribution < -0.4 is 0 Å². The molecule has 0 aliphatic carbocycles. The molecule has 1 aromatic heterocycles. The zero-order valence-electron chi connectivity index (χ0n) is 11.9. The van der Waals surface area contributed by atoms with Gasteiger partial charge in [-0.1, -0.05) is 54.6 Å². The third-order valence-electron chi connectivity index (χ3n) is 3.61. The van der Waals surface area contributed by atoms with E-state index in [2.05, 4.69) is 71.7 Å². The van der Waals surface area contributed by atoms with Gasteiger partial charge in [0.25, 0.3) is 0 Å². The van der Waals surface area contributed by atoms with Crippen LogP contribution >= 0.6 is 0 Å². The highest BCUT2D eigenvalue weighted by molar-refractivity contribution is 6.13. The number of hydrogen-bond acceptors (Lipinski definition) is 2. The number of nitrogens with one attached hydrogen (secondary N) is 1. The highest BCUT2D eigenvalue weighted by Crippen LogP contribution is 2.29. The molecule has 3 aromatic carbocycles. The van der Waals surface area contributed by atoms with Crippen molar-refractivity contribution in [1.82, 2.24) is 4.98 Å². The molecule has 0 bridgehead atoms. The quantitative estimate of drug-likeness (QED) is 0.470. The third-order valence-corrected chi connectivity index (χ3v) is 3.61. The molecule has 1 heterocycles. The Labute approximate surface area is 129 Å². The minimum Gasteiger partial charge on any atom is -0.429 e. The molecule has 0 saturated heterocycles. The van der Waals surface area contributed by atoms with Crippen LogP contribution in [0.15, 0.2) is 72.8 Å². The third kappa shape index (κ3) is 2.75. The molecule has 4 heteroatoms. The number of hydrogen-bond donors (Lipinski definition) is 3. The van der Waals surface area contributed by atoms with Crippen LogP contribution in [0.4, 0.5) is 0 Å². The first-order chi connectivity index (χ1) is 10.8. The lowest BCUT2D eigenvalue weighted by Gasteiger charge is -2.01. The summed E-state index contributed by atoms with van der Waals surface area (Å²) in [6.45, 7) is 0. The maximum atomic E-state index is 7.00. The van der Waals surface area contributed by atoms with E-state index in [1.165, 1.54) is 32.9 Å². The van der Waals surface area contributed by atoms with Crippen molar-refractivity contribution in [2.75, 3.05) is 0 Å². The van der Waals surface area contributed by atoms with E-state index in [4.69, 9.17) is 10.0 Å². The lowest BCUT2D eigenvalue weighted by Crippen LogP contribution is -1.76. The monoisotopic (exact) mass is 288 g/mol. The average Bonchev–Trinajstić information content (AvgIpc) is 2.94. The summed E-state index contributed by atoms with van der Waals surface area (Å²) in [5.41, 5.74) is 4.91. The zero-order chi connectivity index (χ0) is 15.4. The molecule has 3 N–H and O–H groups in total. The van der Waals surface area contributed by atoms with E-state index in [1.54, 1.807) is 0 Å². The van der Waals surface area contributed by atoms with E-state index in [9.17, 15) is 0 Å². The van der Waals surface area contributed by atoms with Crippen LogP contribution in [0.1, 0.15) is 0 Å². The van der Waals surface area contributed by atoms with E-state index in [0.717, 1.165) is 0 Å². The second kappa shape index (κ2) is 6.47. The molecule has 0 aliphatic heterocycles. The Hall–Kier alpha value is -2.56. The number of H-pyrrole nitrogens is 1. The Balaban J connectivity index is 0.000000446. The summed E-state index contributed by atoms with van der Waals surface area (Å²) in [5.74, 6) is 0. The van der Waals surface area contributed by atoms with Crippen molar-refractivity contribution < 1.29 is 10.0 Å². The molecule has 3 nitrogen and oxygen atoms in total. The first kappa shape index (κ1) is 14.4. The van der Waals surface area contributed by atoms with Crippen LogP contribution in [0.3, 0.4) is 0 Å². The molecule has 1 radical (unpaired) electrons. The Morgan fingerprint density at radius 3 is 2.05 bits per heavy atom. The van der Waals surface area contributed by atoms with Crippen molar-refractivity contribution in [3.05, 3.63) is 72.8 Å². The van der Waals surface area contributed by atoms with Gasteiger partial charge in [-0.05, 0) is 29.3 Å².